The smallest absolute Gasteiger partial charge is 0.234 e. The van der Waals surface area contributed by atoms with E-state index in [1.54, 1.807) is 0 Å². The van der Waals surface area contributed by atoms with Gasteiger partial charge in [-0.1, -0.05) is 22.7 Å². The molecule has 1 atom stereocenters. The molecule has 128 valence electrons. The minimum absolute atomic E-state index is 0.0717. The van der Waals surface area contributed by atoms with E-state index in [0.29, 0.717) is 29.8 Å². The van der Waals surface area contributed by atoms with E-state index in [-0.39, 0.29) is 18.2 Å². The first kappa shape index (κ1) is 16.9. The molecule has 1 aliphatic heterocycles. The van der Waals surface area contributed by atoms with Crippen molar-refractivity contribution in [1.82, 2.24) is 25.7 Å². The third-order valence-corrected chi connectivity index (χ3v) is 5.25. The molecule has 2 aromatic heterocycles. The van der Waals surface area contributed by atoms with Crippen LogP contribution in [0.15, 0.2) is 0 Å². The van der Waals surface area contributed by atoms with Gasteiger partial charge in [-0.3, -0.25) is 14.9 Å². The number of hydrogen-bond donors (Lipinski definition) is 3. The van der Waals surface area contributed by atoms with E-state index >= 15 is 0 Å². The highest BCUT2D eigenvalue weighted by atomic mass is 32.1. The fraction of sp³-hybridized carbons (Fsp3) is 0.538. The number of nitrogens with zero attached hydrogens (tertiary/aromatic N) is 4. The summed E-state index contributed by atoms with van der Waals surface area (Å²) < 4.78 is 0. The topological polar surface area (TPSA) is 122 Å². The lowest BCUT2D eigenvalue weighted by Crippen LogP contribution is -2.41. The zero-order valence-electron chi connectivity index (χ0n) is 13.3. The Balaban J connectivity index is 1.68. The second-order valence-corrected chi connectivity index (χ2v) is 8.00. The number of aryl methyl sites for hydroxylation is 2. The average Bonchev–Trinajstić information content (AvgIpc) is 3.23. The first-order valence-corrected chi connectivity index (χ1v) is 9.02. The number of aromatic nitrogens is 4. The maximum atomic E-state index is 12.7. The maximum Gasteiger partial charge on any atom is 0.234 e. The lowest BCUT2D eigenvalue weighted by molar-refractivity contribution is -0.129. The number of rotatable bonds is 5. The van der Waals surface area contributed by atoms with E-state index in [9.17, 15) is 9.59 Å². The molecule has 24 heavy (non-hydrogen) atoms. The van der Waals surface area contributed by atoms with Crippen molar-refractivity contribution in [3.63, 3.8) is 0 Å². The highest BCUT2D eigenvalue weighted by Gasteiger charge is 2.43. The molecule has 2 amide bonds. The third kappa shape index (κ3) is 3.74. The Morgan fingerprint density at radius 2 is 1.71 bits per heavy atom. The van der Waals surface area contributed by atoms with Gasteiger partial charge in [-0.15, -0.1) is 20.4 Å². The summed E-state index contributed by atoms with van der Waals surface area (Å²) in [6, 6.07) is 0. The van der Waals surface area contributed by atoms with Crippen molar-refractivity contribution in [2.24, 2.45) is 5.41 Å². The summed E-state index contributed by atoms with van der Waals surface area (Å²) >= 11 is 2.61. The maximum absolute atomic E-state index is 12.7. The number of anilines is 2. The lowest BCUT2D eigenvalue weighted by Gasteiger charge is -2.25. The van der Waals surface area contributed by atoms with Crippen molar-refractivity contribution >= 4 is 44.8 Å². The molecule has 0 radical (unpaired) electrons. The monoisotopic (exact) mass is 367 g/mol. The summed E-state index contributed by atoms with van der Waals surface area (Å²) in [6.07, 6.45) is 0.654. The Labute approximate surface area is 146 Å². The molecule has 0 aromatic carbocycles. The van der Waals surface area contributed by atoms with Crippen LogP contribution in [-0.4, -0.2) is 45.3 Å². The molecule has 0 saturated carbocycles. The molecule has 1 saturated heterocycles. The van der Waals surface area contributed by atoms with Gasteiger partial charge in [-0.2, -0.15) is 0 Å². The molecule has 0 bridgehead atoms. The number of amides is 2. The van der Waals surface area contributed by atoms with Crippen LogP contribution in [0.3, 0.4) is 0 Å². The van der Waals surface area contributed by atoms with E-state index < -0.39 is 5.41 Å². The van der Waals surface area contributed by atoms with Gasteiger partial charge in [0.25, 0.3) is 0 Å². The van der Waals surface area contributed by atoms with Crippen molar-refractivity contribution in [2.45, 2.75) is 26.7 Å². The van der Waals surface area contributed by atoms with Crippen LogP contribution >= 0.6 is 22.7 Å². The molecule has 3 rings (SSSR count). The van der Waals surface area contributed by atoms with Crippen LogP contribution < -0.4 is 16.0 Å². The number of nitrogens with one attached hydrogen (secondary N) is 3. The summed E-state index contributed by atoms with van der Waals surface area (Å²) in [4.78, 5) is 25.1. The number of carbonyl (C=O) groups excluding carboxylic acids is 2. The molecular formula is C13H17N7O2S2. The predicted octanol–water partition coefficient (Wildman–Crippen LogP) is 0.953. The minimum Gasteiger partial charge on any atom is -0.316 e. The molecule has 11 heteroatoms. The summed E-state index contributed by atoms with van der Waals surface area (Å²) in [7, 11) is 0. The molecule has 1 unspecified atom stereocenters. The summed E-state index contributed by atoms with van der Waals surface area (Å²) in [5.41, 5.74) is -0.802. The van der Waals surface area contributed by atoms with Gasteiger partial charge in [0.05, 0.1) is 5.41 Å². The second-order valence-electron chi connectivity index (χ2n) is 5.64. The van der Waals surface area contributed by atoms with E-state index in [2.05, 4.69) is 36.3 Å². The fourth-order valence-electron chi connectivity index (χ4n) is 2.56. The molecule has 0 spiro atoms. The fourth-order valence-corrected chi connectivity index (χ4v) is 3.76. The first-order valence-electron chi connectivity index (χ1n) is 7.39. The Bertz CT molecular complexity index is 751. The molecule has 1 aliphatic rings. The van der Waals surface area contributed by atoms with Crippen LogP contribution in [0.1, 0.15) is 22.9 Å². The quantitative estimate of drug-likeness (QED) is 0.719. The average molecular weight is 367 g/mol. The Hall–Kier alpha value is -1.98. The second kappa shape index (κ2) is 6.87. The van der Waals surface area contributed by atoms with Crippen LogP contribution in [0, 0.1) is 19.3 Å². The first-order chi connectivity index (χ1) is 11.5. The molecular weight excluding hydrogens is 350 g/mol. The Morgan fingerprint density at radius 1 is 1.08 bits per heavy atom. The summed E-state index contributed by atoms with van der Waals surface area (Å²) in [6.45, 7) is 4.76. The van der Waals surface area contributed by atoms with Crippen LogP contribution in [0.2, 0.25) is 0 Å². The zero-order chi connectivity index (χ0) is 17.2. The van der Waals surface area contributed by atoms with E-state index in [4.69, 9.17) is 0 Å². The third-order valence-electron chi connectivity index (χ3n) is 3.74. The van der Waals surface area contributed by atoms with E-state index in [1.807, 2.05) is 13.8 Å². The molecule has 3 N–H and O–H groups in total. The lowest BCUT2D eigenvalue weighted by atomic mass is 9.82. The van der Waals surface area contributed by atoms with Gasteiger partial charge >= 0.3 is 0 Å². The Kier molecular flexibility index (Phi) is 4.83. The minimum atomic E-state index is -0.802. The summed E-state index contributed by atoms with van der Waals surface area (Å²) in [5, 5.41) is 26.6. The van der Waals surface area contributed by atoms with Gasteiger partial charge in [-0.25, -0.2) is 0 Å². The van der Waals surface area contributed by atoms with Gasteiger partial charge in [-0.05, 0) is 26.8 Å². The van der Waals surface area contributed by atoms with Crippen LogP contribution in [-0.2, 0) is 9.59 Å². The zero-order valence-corrected chi connectivity index (χ0v) is 14.9. The van der Waals surface area contributed by atoms with Crippen molar-refractivity contribution in [3.05, 3.63) is 10.0 Å². The molecule has 1 fully saturated rings. The standard InChI is InChI=1S/C13H17N7O2S2/c1-7-17-19-11(23-7)15-9(21)5-13(3-4-14-6-13)10(22)16-12-20-18-8(2)24-12/h14H,3-6H2,1-2H3,(H,15,19,21)(H,16,20,22). The normalized spacial score (nSPS) is 20.1. The molecule has 9 nitrogen and oxygen atoms in total. The van der Waals surface area contributed by atoms with Gasteiger partial charge in [0, 0.05) is 13.0 Å². The SMILES string of the molecule is Cc1nnc(NC(=O)CC2(C(=O)Nc3nnc(C)s3)CCNC2)s1. The number of hydrogen-bond acceptors (Lipinski definition) is 9. The molecule has 3 heterocycles. The van der Waals surface area contributed by atoms with Crippen LogP contribution in [0.4, 0.5) is 10.3 Å². The van der Waals surface area contributed by atoms with Crippen LogP contribution in [0.25, 0.3) is 0 Å². The van der Waals surface area contributed by atoms with Crippen molar-refractivity contribution in [2.75, 3.05) is 23.7 Å². The predicted molar refractivity (Wildman–Crippen MR) is 91.1 cm³/mol. The summed E-state index contributed by atoms with van der Waals surface area (Å²) in [5.74, 6) is -0.467. The van der Waals surface area contributed by atoms with Gasteiger partial charge in [0.1, 0.15) is 10.0 Å². The van der Waals surface area contributed by atoms with E-state index in [0.717, 1.165) is 10.0 Å². The highest BCUT2D eigenvalue weighted by Crippen LogP contribution is 2.32. The van der Waals surface area contributed by atoms with Gasteiger partial charge in [0.15, 0.2) is 0 Å². The van der Waals surface area contributed by atoms with Crippen molar-refractivity contribution in [3.8, 4) is 0 Å². The Morgan fingerprint density at radius 3 is 2.21 bits per heavy atom. The van der Waals surface area contributed by atoms with Gasteiger partial charge < -0.3 is 10.6 Å². The molecule has 0 aliphatic carbocycles. The number of carbonyl (C=O) groups is 2. The largest absolute Gasteiger partial charge is 0.316 e. The molecule has 2 aromatic rings. The van der Waals surface area contributed by atoms with Crippen molar-refractivity contribution < 1.29 is 9.59 Å². The van der Waals surface area contributed by atoms with E-state index in [1.165, 1.54) is 22.7 Å². The van der Waals surface area contributed by atoms with Crippen molar-refractivity contribution in [1.29, 1.82) is 0 Å². The highest BCUT2D eigenvalue weighted by molar-refractivity contribution is 7.15. The van der Waals surface area contributed by atoms with Gasteiger partial charge in [0.2, 0.25) is 22.1 Å². The van der Waals surface area contributed by atoms with Crippen LogP contribution in [0.5, 0.6) is 0 Å².